The first kappa shape index (κ1) is 16.8. The number of benzene rings is 1. The standard InChI is InChI=1S/C17H19N3O3S/c1-13(21)14-4-6-16(7-5-14)24(22,23)20-10-9-19-12-17(20)15-3-2-8-18-11-15/h2-8,11,17,19H,9-10,12H2,1H3. The lowest BCUT2D eigenvalue weighted by molar-refractivity contribution is 0.101. The average Bonchev–Trinajstić information content (AvgIpc) is 2.62. The molecule has 1 saturated heterocycles. The molecule has 2 aromatic rings. The molecule has 0 aliphatic carbocycles. The first-order valence-corrected chi connectivity index (χ1v) is 9.17. The van der Waals surface area contributed by atoms with Gasteiger partial charge in [-0.15, -0.1) is 0 Å². The Kier molecular flexibility index (Phi) is 4.75. The fourth-order valence-electron chi connectivity index (χ4n) is 2.83. The van der Waals surface area contributed by atoms with Crippen molar-refractivity contribution in [1.29, 1.82) is 0 Å². The van der Waals surface area contributed by atoms with E-state index in [2.05, 4.69) is 10.3 Å². The molecule has 1 atom stereocenters. The van der Waals surface area contributed by atoms with Crippen molar-refractivity contribution >= 4 is 15.8 Å². The van der Waals surface area contributed by atoms with Crippen LogP contribution in [0.3, 0.4) is 0 Å². The first-order valence-electron chi connectivity index (χ1n) is 7.73. The van der Waals surface area contributed by atoms with Gasteiger partial charge in [-0.25, -0.2) is 8.42 Å². The minimum absolute atomic E-state index is 0.0886. The number of hydrogen-bond donors (Lipinski definition) is 1. The van der Waals surface area contributed by atoms with Crippen molar-refractivity contribution < 1.29 is 13.2 Å². The second-order valence-corrected chi connectivity index (χ2v) is 7.59. The first-order chi connectivity index (χ1) is 11.5. The van der Waals surface area contributed by atoms with E-state index in [-0.39, 0.29) is 16.7 Å². The number of ketones is 1. The lowest BCUT2D eigenvalue weighted by atomic mass is 10.1. The zero-order chi connectivity index (χ0) is 17.2. The number of nitrogens with zero attached hydrogens (tertiary/aromatic N) is 2. The minimum Gasteiger partial charge on any atom is -0.313 e. The highest BCUT2D eigenvalue weighted by atomic mass is 32.2. The molecule has 24 heavy (non-hydrogen) atoms. The van der Waals surface area contributed by atoms with E-state index >= 15 is 0 Å². The van der Waals surface area contributed by atoms with Crippen molar-refractivity contribution in [3.63, 3.8) is 0 Å². The van der Waals surface area contributed by atoms with Gasteiger partial charge in [0.05, 0.1) is 10.9 Å². The number of carbonyl (C=O) groups is 1. The van der Waals surface area contributed by atoms with Crippen molar-refractivity contribution in [2.45, 2.75) is 17.9 Å². The Morgan fingerprint density at radius 2 is 2.00 bits per heavy atom. The van der Waals surface area contributed by atoms with Gasteiger partial charge < -0.3 is 5.32 Å². The van der Waals surface area contributed by atoms with Gasteiger partial charge in [0, 0.05) is 37.6 Å². The van der Waals surface area contributed by atoms with Crippen molar-refractivity contribution in [2.75, 3.05) is 19.6 Å². The Labute approximate surface area is 141 Å². The van der Waals surface area contributed by atoms with Gasteiger partial charge in [0.25, 0.3) is 0 Å². The molecule has 3 rings (SSSR count). The second kappa shape index (κ2) is 6.80. The molecule has 0 amide bonds. The molecule has 126 valence electrons. The molecule has 1 aromatic heterocycles. The van der Waals surface area contributed by atoms with Gasteiger partial charge in [0.1, 0.15) is 0 Å². The van der Waals surface area contributed by atoms with E-state index in [9.17, 15) is 13.2 Å². The predicted molar refractivity (Wildman–Crippen MR) is 90.2 cm³/mol. The largest absolute Gasteiger partial charge is 0.313 e. The molecule has 0 spiro atoms. The van der Waals surface area contributed by atoms with E-state index in [0.29, 0.717) is 25.2 Å². The maximum Gasteiger partial charge on any atom is 0.243 e. The van der Waals surface area contributed by atoms with E-state index in [1.165, 1.54) is 23.4 Å². The molecule has 0 radical (unpaired) electrons. The van der Waals surface area contributed by atoms with Crippen LogP contribution in [-0.2, 0) is 10.0 Å². The molecule has 7 heteroatoms. The Balaban J connectivity index is 1.95. The van der Waals surface area contributed by atoms with Crippen molar-refractivity contribution in [3.8, 4) is 0 Å². The van der Waals surface area contributed by atoms with Gasteiger partial charge >= 0.3 is 0 Å². The molecular weight excluding hydrogens is 326 g/mol. The molecule has 1 aliphatic heterocycles. The molecule has 1 aromatic carbocycles. The summed E-state index contributed by atoms with van der Waals surface area (Å²) in [6.07, 6.45) is 3.36. The number of nitrogens with one attached hydrogen (secondary N) is 1. The SMILES string of the molecule is CC(=O)c1ccc(S(=O)(=O)N2CCNCC2c2cccnc2)cc1. The fourth-order valence-corrected chi connectivity index (χ4v) is 4.44. The molecular formula is C17H19N3O3S. The summed E-state index contributed by atoms with van der Waals surface area (Å²) < 4.78 is 27.6. The number of piperazine rings is 1. The van der Waals surface area contributed by atoms with Crippen LogP contribution in [0.15, 0.2) is 53.7 Å². The van der Waals surface area contributed by atoms with Crippen LogP contribution in [0.25, 0.3) is 0 Å². The highest BCUT2D eigenvalue weighted by Gasteiger charge is 2.34. The van der Waals surface area contributed by atoms with Crippen LogP contribution in [0.1, 0.15) is 28.9 Å². The summed E-state index contributed by atoms with van der Waals surface area (Å²) in [5.74, 6) is -0.0886. The van der Waals surface area contributed by atoms with Gasteiger partial charge in [0.15, 0.2) is 5.78 Å². The molecule has 1 aliphatic rings. The zero-order valence-corrected chi connectivity index (χ0v) is 14.2. The lowest BCUT2D eigenvalue weighted by Crippen LogP contribution is -2.48. The minimum atomic E-state index is -3.65. The predicted octanol–water partition coefficient (Wildman–Crippen LogP) is 1.62. The van der Waals surface area contributed by atoms with Crippen LogP contribution in [0.2, 0.25) is 0 Å². The smallest absolute Gasteiger partial charge is 0.243 e. The van der Waals surface area contributed by atoms with Crippen molar-refractivity contribution in [3.05, 3.63) is 59.9 Å². The number of Topliss-reactive ketones (excluding diaryl/α,β-unsaturated/α-hetero) is 1. The second-order valence-electron chi connectivity index (χ2n) is 5.70. The van der Waals surface area contributed by atoms with Crippen LogP contribution in [0, 0.1) is 0 Å². The lowest BCUT2D eigenvalue weighted by Gasteiger charge is -2.35. The monoisotopic (exact) mass is 345 g/mol. The topological polar surface area (TPSA) is 79.4 Å². The normalized spacial score (nSPS) is 19.1. The third-order valence-electron chi connectivity index (χ3n) is 4.13. The molecule has 6 nitrogen and oxygen atoms in total. The van der Waals surface area contributed by atoms with Crippen LogP contribution in [-0.4, -0.2) is 43.1 Å². The Hall–Kier alpha value is -2.09. The molecule has 0 saturated carbocycles. The Bertz CT molecular complexity index is 820. The quantitative estimate of drug-likeness (QED) is 0.852. The number of sulfonamides is 1. The number of rotatable bonds is 4. The number of aromatic nitrogens is 1. The third-order valence-corrected chi connectivity index (χ3v) is 6.05. The van der Waals surface area contributed by atoms with Gasteiger partial charge in [-0.3, -0.25) is 9.78 Å². The van der Waals surface area contributed by atoms with E-state index in [1.54, 1.807) is 30.6 Å². The summed E-state index contributed by atoms with van der Waals surface area (Å²) in [5, 5.41) is 3.23. The summed E-state index contributed by atoms with van der Waals surface area (Å²) in [7, 11) is -3.65. The van der Waals surface area contributed by atoms with Crippen LogP contribution < -0.4 is 5.32 Å². The molecule has 1 fully saturated rings. The Morgan fingerprint density at radius 1 is 1.25 bits per heavy atom. The molecule has 1 N–H and O–H groups in total. The highest BCUT2D eigenvalue weighted by Crippen LogP contribution is 2.28. The maximum absolute atomic E-state index is 13.0. The van der Waals surface area contributed by atoms with E-state index < -0.39 is 10.0 Å². The summed E-state index contributed by atoms with van der Waals surface area (Å²) in [6, 6.07) is 9.48. The van der Waals surface area contributed by atoms with E-state index in [1.807, 2.05) is 6.07 Å². The molecule has 0 bridgehead atoms. The number of carbonyl (C=O) groups excluding carboxylic acids is 1. The Morgan fingerprint density at radius 3 is 2.62 bits per heavy atom. The van der Waals surface area contributed by atoms with Crippen LogP contribution in [0.5, 0.6) is 0 Å². The van der Waals surface area contributed by atoms with Gasteiger partial charge in [-0.2, -0.15) is 4.31 Å². The average molecular weight is 345 g/mol. The zero-order valence-electron chi connectivity index (χ0n) is 13.3. The number of hydrogen-bond acceptors (Lipinski definition) is 5. The van der Waals surface area contributed by atoms with Crippen LogP contribution in [0.4, 0.5) is 0 Å². The maximum atomic E-state index is 13.0. The summed E-state index contributed by atoms with van der Waals surface area (Å²) in [5.41, 5.74) is 1.35. The van der Waals surface area contributed by atoms with Crippen molar-refractivity contribution in [1.82, 2.24) is 14.6 Å². The summed E-state index contributed by atoms with van der Waals surface area (Å²) in [6.45, 7) is 2.98. The fraction of sp³-hybridized carbons (Fsp3) is 0.294. The number of pyridine rings is 1. The van der Waals surface area contributed by atoms with E-state index in [4.69, 9.17) is 0 Å². The van der Waals surface area contributed by atoms with Gasteiger partial charge in [-0.05, 0) is 30.7 Å². The van der Waals surface area contributed by atoms with Crippen molar-refractivity contribution in [2.24, 2.45) is 0 Å². The summed E-state index contributed by atoms with van der Waals surface area (Å²) >= 11 is 0. The molecule has 2 heterocycles. The van der Waals surface area contributed by atoms with Gasteiger partial charge in [0.2, 0.25) is 10.0 Å². The van der Waals surface area contributed by atoms with Crippen LogP contribution >= 0.6 is 0 Å². The highest BCUT2D eigenvalue weighted by molar-refractivity contribution is 7.89. The van der Waals surface area contributed by atoms with Gasteiger partial charge in [-0.1, -0.05) is 18.2 Å². The van der Waals surface area contributed by atoms with E-state index in [0.717, 1.165) is 5.56 Å². The third kappa shape index (κ3) is 3.24. The summed E-state index contributed by atoms with van der Waals surface area (Å²) in [4.78, 5) is 15.7. The molecule has 1 unspecified atom stereocenters.